The van der Waals surface area contributed by atoms with Crippen LogP contribution in [0.15, 0.2) is 16.3 Å². The van der Waals surface area contributed by atoms with Crippen molar-refractivity contribution >= 4 is 11.7 Å². The summed E-state index contributed by atoms with van der Waals surface area (Å²) in [4.78, 5) is 15.3. The third-order valence-electron chi connectivity index (χ3n) is 1.88. The molecule has 1 rings (SSSR count). The lowest BCUT2D eigenvalue weighted by Crippen LogP contribution is -2.34. The van der Waals surface area contributed by atoms with Crippen LogP contribution in [0.5, 0.6) is 0 Å². The number of nitrogens with one attached hydrogen (secondary N) is 1. The van der Waals surface area contributed by atoms with E-state index in [1.54, 1.807) is 20.8 Å². The summed E-state index contributed by atoms with van der Waals surface area (Å²) in [5.41, 5.74) is 1.48. The number of aliphatic hydroxyl groups is 1. The van der Waals surface area contributed by atoms with Crippen molar-refractivity contribution in [2.24, 2.45) is 4.99 Å². The molecule has 1 heterocycles. The Hall–Kier alpha value is -1.36. The lowest BCUT2D eigenvalue weighted by molar-refractivity contribution is -0.138. The molecule has 0 aromatic heterocycles. The highest BCUT2D eigenvalue weighted by Crippen LogP contribution is 2.12. The molecule has 14 heavy (non-hydrogen) atoms. The predicted molar refractivity (Wildman–Crippen MR) is 51.6 cm³/mol. The Kier molecular flexibility index (Phi) is 3.24. The van der Waals surface area contributed by atoms with E-state index in [-0.39, 0.29) is 0 Å². The number of allylic oxidation sites excluding steroid dienone is 1. The first kappa shape index (κ1) is 10.7. The van der Waals surface area contributed by atoms with E-state index in [2.05, 4.69) is 10.3 Å². The summed E-state index contributed by atoms with van der Waals surface area (Å²) in [6.07, 6.45) is -0.965. The van der Waals surface area contributed by atoms with Crippen molar-refractivity contribution in [2.45, 2.75) is 27.1 Å². The number of nitrogens with zero attached hydrogens (tertiary/aromatic N) is 1. The average molecular weight is 198 g/mol. The Morgan fingerprint density at radius 2 is 2.29 bits per heavy atom. The molecule has 2 N–H and O–H groups in total. The molecule has 0 spiro atoms. The Labute approximate surface area is 82.5 Å². The van der Waals surface area contributed by atoms with E-state index in [1.807, 2.05) is 0 Å². The topological polar surface area (TPSA) is 70.9 Å². The van der Waals surface area contributed by atoms with Crippen LogP contribution in [-0.2, 0) is 9.53 Å². The van der Waals surface area contributed by atoms with Gasteiger partial charge in [0, 0.05) is 5.70 Å². The second kappa shape index (κ2) is 4.23. The quantitative estimate of drug-likeness (QED) is 0.620. The van der Waals surface area contributed by atoms with Gasteiger partial charge in [-0.1, -0.05) is 0 Å². The minimum absolute atomic E-state index is 0.325. The number of rotatable bonds is 2. The molecule has 0 fully saturated rings. The summed E-state index contributed by atoms with van der Waals surface area (Å²) in [5, 5.41) is 11.8. The predicted octanol–water partition coefficient (Wildman–Crippen LogP) is 0.164. The van der Waals surface area contributed by atoms with Gasteiger partial charge in [0.25, 0.3) is 0 Å². The first-order valence-electron chi connectivity index (χ1n) is 4.43. The van der Waals surface area contributed by atoms with Gasteiger partial charge in [-0.2, -0.15) is 0 Å². The van der Waals surface area contributed by atoms with Gasteiger partial charge in [-0.15, -0.1) is 0 Å². The first-order chi connectivity index (χ1) is 6.56. The fourth-order valence-electron chi connectivity index (χ4n) is 1.32. The minimum atomic E-state index is -0.965. The monoisotopic (exact) mass is 198 g/mol. The van der Waals surface area contributed by atoms with E-state index < -0.39 is 12.3 Å². The van der Waals surface area contributed by atoms with Gasteiger partial charge < -0.3 is 15.2 Å². The molecule has 1 atom stereocenters. The maximum absolute atomic E-state index is 11.4. The zero-order valence-electron chi connectivity index (χ0n) is 8.50. The van der Waals surface area contributed by atoms with Crippen LogP contribution in [0.3, 0.4) is 0 Å². The second-order valence-corrected chi connectivity index (χ2v) is 2.95. The van der Waals surface area contributed by atoms with Crippen LogP contribution in [0.1, 0.15) is 20.8 Å². The molecule has 0 saturated heterocycles. The van der Waals surface area contributed by atoms with Crippen molar-refractivity contribution in [1.29, 1.82) is 0 Å². The summed E-state index contributed by atoms with van der Waals surface area (Å²) in [6, 6.07) is 0. The summed E-state index contributed by atoms with van der Waals surface area (Å²) in [7, 11) is 0. The fraction of sp³-hybridized carbons (Fsp3) is 0.556. The number of hydrogen-bond donors (Lipinski definition) is 2. The normalized spacial score (nSPS) is 21.4. The average Bonchev–Trinajstić information content (AvgIpc) is 2.01. The Morgan fingerprint density at radius 3 is 2.79 bits per heavy atom. The fourth-order valence-corrected chi connectivity index (χ4v) is 1.32. The Morgan fingerprint density at radius 1 is 1.64 bits per heavy atom. The van der Waals surface area contributed by atoms with Crippen LogP contribution < -0.4 is 5.32 Å². The van der Waals surface area contributed by atoms with Crippen LogP contribution in [0, 0.1) is 0 Å². The number of carbonyl (C=O) groups is 1. The number of ether oxygens (including phenoxy) is 1. The summed E-state index contributed by atoms with van der Waals surface area (Å²) in [5.74, 6) is -0.411. The van der Waals surface area contributed by atoms with E-state index in [0.29, 0.717) is 23.6 Å². The molecule has 0 radical (unpaired) electrons. The standard InChI is InChI=1S/C9H14N2O3/c1-4-14-8(12)7-5(2)10-9(13)11-6(7)3/h9-10,13H,4H2,1-3H3. The van der Waals surface area contributed by atoms with Gasteiger partial charge in [-0.05, 0) is 20.8 Å². The van der Waals surface area contributed by atoms with Crippen molar-refractivity contribution < 1.29 is 14.6 Å². The molecule has 1 aliphatic heterocycles. The largest absolute Gasteiger partial charge is 0.462 e. The van der Waals surface area contributed by atoms with Crippen molar-refractivity contribution in [3.63, 3.8) is 0 Å². The number of aliphatic imine (C=N–C) groups is 1. The van der Waals surface area contributed by atoms with Crippen molar-refractivity contribution in [2.75, 3.05) is 6.61 Å². The molecule has 1 unspecified atom stereocenters. The maximum Gasteiger partial charge on any atom is 0.341 e. The molecule has 0 aromatic carbocycles. The SMILES string of the molecule is CCOC(=O)C1=C(C)NC(O)N=C1C. The molecule has 0 amide bonds. The Balaban J connectivity index is 2.91. The molecule has 0 aromatic rings. The van der Waals surface area contributed by atoms with Gasteiger partial charge >= 0.3 is 5.97 Å². The van der Waals surface area contributed by atoms with Crippen LogP contribution in [-0.4, -0.2) is 29.7 Å². The molecule has 0 aliphatic carbocycles. The van der Waals surface area contributed by atoms with Crippen molar-refractivity contribution in [3.8, 4) is 0 Å². The molecule has 5 heteroatoms. The van der Waals surface area contributed by atoms with Gasteiger partial charge in [0.05, 0.1) is 17.9 Å². The number of aliphatic hydroxyl groups excluding tert-OH is 1. The lowest BCUT2D eigenvalue weighted by Gasteiger charge is -2.20. The van der Waals surface area contributed by atoms with E-state index in [4.69, 9.17) is 4.74 Å². The molecule has 1 aliphatic rings. The molecular formula is C9H14N2O3. The molecule has 0 saturated carbocycles. The van der Waals surface area contributed by atoms with Gasteiger partial charge in [0.2, 0.25) is 6.35 Å². The summed E-state index contributed by atoms with van der Waals surface area (Å²) >= 11 is 0. The Bertz CT molecular complexity index is 307. The number of esters is 1. The van der Waals surface area contributed by atoms with Crippen molar-refractivity contribution in [1.82, 2.24) is 5.32 Å². The lowest BCUT2D eigenvalue weighted by atomic mass is 10.1. The number of hydrogen-bond acceptors (Lipinski definition) is 5. The zero-order chi connectivity index (χ0) is 10.7. The van der Waals surface area contributed by atoms with E-state index >= 15 is 0 Å². The van der Waals surface area contributed by atoms with Crippen LogP contribution in [0.4, 0.5) is 0 Å². The minimum Gasteiger partial charge on any atom is -0.462 e. The van der Waals surface area contributed by atoms with Crippen LogP contribution in [0.25, 0.3) is 0 Å². The molecular weight excluding hydrogens is 184 g/mol. The zero-order valence-corrected chi connectivity index (χ0v) is 8.50. The molecule has 0 bridgehead atoms. The second-order valence-electron chi connectivity index (χ2n) is 2.95. The van der Waals surface area contributed by atoms with E-state index in [1.165, 1.54) is 0 Å². The maximum atomic E-state index is 11.4. The summed E-state index contributed by atoms with van der Waals surface area (Å²) in [6.45, 7) is 5.43. The molecule has 78 valence electrons. The first-order valence-corrected chi connectivity index (χ1v) is 4.43. The van der Waals surface area contributed by atoms with Crippen molar-refractivity contribution in [3.05, 3.63) is 11.3 Å². The van der Waals surface area contributed by atoms with Gasteiger partial charge in [0.15, 0.2) is 0 Å². The summed E-state index contributed by atoms with van der Waals surface area (Å²) < 4.78 is 4.86. The number of carbonyl (C=O) groups excluding carboxylic acids is 1. The van der Waals surface area contributed by atoms with Gasteiger partial charge in [-0.3, -0.25) is 0 Å². The van der Waals surface area contributed by atoms with Gasteiger partial charge in [-0.25, -0.2) is 9.79 Å². The van der Waals surface area contributed by atoms with Crippen LogP contribution in [0.2, 0.25) is 0 Å². The smallest absolute Gasteiger partial charge is 0.341 e. The molecule has 5 nitrogen and oxygen atoms in total. The third-order valence-corrected chi connectivity index (χ3v) is 1.88. The van der Waals surface area contributed by atoms with Gasteiger partial charge in [0.1, 0.15) is 0 Å². The highest BCUT2D eigenvalue weighted by molar-refractivity contribution is 6.19. The van der Waals surface area contributed by atoms with E-state index in [9.17, 15) is 9.90 Å². The van der Waals surface area contributed by atoms with E-state index in [0.717, 1.165) is 0 Å². The highest BCUT2D eigenvalue weighted by Gasteiger charge is 2.22. The van der Waals surface area contributed by atoms with Crippen LogP contribution >= 0.6 is 0 Å². The third kappa shape index (κ3) is 2.11. The highest BCUT2D eigenvalue weighted by atomic mass is 16.5.